The molecule has 1 N–H and O–H groups in total. The molecular formula is C17H8Cl2F4O2. The average molecular weight is 391 g/mol. The number of phenols is 1. The molecule has 0 unspecified atom stereocenters. The van der Waals surface area contributed by atoms with Gasteiger partial charge in [0, 0.05) is 5.39 Å². The number of aromatic hydroxyl groups is 1. The minimum absolute atomic E-state index is 0.0423. The highest BCUT2D eigenvalue weighted by atomic mass is 35.5. The molecule has 0 atom stereocenters. The van der Waals surface area contributed by atoms with Gasteiger partial charge in [-0.3, -0.25) is 0 Å². The lowest BCUT2D eigenvalue weighted by molar-refractivity contribution is -0.140. The molecule has 130 valence electrons. The number of phenolic OH excluding ortho intramolecular Hbond substituents is 1. The Hall–Kier alpha value is -2.18. The Kier molecular flexibility index (Phi) is 4.43. The molecule has 0 aliphatic heterocycles. The summed E-state index contributed by atoms with van der Waals surface area (Å²) >= 11 is 11.5. The number of hydrogen-bond acceptors (Lipinski definition) is 2. The lowest BCUT2D eigenvalue weighted by Gasteiger charge is -2.15. The van der Waals surface area contributed by atoms with Gasteiger partial charge in [0.15, 0.2) is 11.6 Å². The normalized spacial score (nSPS) is 11.8. The van der Waals surface area contributed by atoms with E-state index in [0.29, 0.717) is 16.8 Å². The highest BCUT2D eigenvalue weighted by molar-refractivity contribution is 6.37. The van der Waals surface area contributed by atoms with Gasteiger partial charge >= 0.3 is 6.18 Å². The molecule has 0 amide bonds. The molecule has 0 radical (unpaired) electrons. The molecule has 0 saturated carbocycles. The fraction of sp³-hybridized carbons (Fsp3) is 0.0588. The van der Waals surface area contributed by atoms with Gasteiger partial charge in [-0.1, -0.05) is 41.4 Å². The van der Waals surface area contributed by atoms with Crippen LogP contribution in [-0.2, 0) is 6.18 Å². The van der Waals surface area contributed by atoms with Gasteiger partial charge in [0.1, 0.15) is 16.5 Å². The smallest absolute Gasteiger partial charge is 0.419 e. The molecule has 3 aromatic carbocycles. The fourth-order valence-corrected chi connectivity index (χ4v) is 2.84. The van der Waals surface area contributed by atoms with E-state index in [4.69, 9.17) is 27.9 Å². The van der Waals surface area contributed by atoms with Gasteiger partial charge in [-0.15, -0.1) is 0 Å². The van der Waals surface area contributed by atoms with Crippen molar-refractivity contribution in [1.82, 2.24) is 0 Å². The Morgan fingerprint density at radius 2 is 1.72 bits per heavy atom. The largest absolute Gasteiger partial charge is 0.508 e. The van der Waals surface area contributed by atoms with Crippen LogP contribution in [0.3, 0.4) is 0 Å². The minimum atomic E-state index is -4.94. The molecule has 3 aromatic rings. The Morgan fingerprint density at radius 1 is 1.00 bits per heavy atom. The number of rotatable bonds is 2. The van der Waals surface area contributed by atoms with Gasteiger partial charge < -0.3 is 9.84 Å². The Bertz CT molecular complexity index is 971. The summed E-state index contributed by atoms with van der Waals surface area (Å²) in [5.41, 5.74) is -1.58. The van der Waals surface area contributed by atoms with Crippen molar-refractivity contribution in [1.29, 1.82) is 0 Å². The van der Waals surface area contributed by atoms with Gasteiger partial charge in [0.25, 0.3) is 0 Å². The summed E-state index contributed by atoms with van der Waals surface area (Å²) < 4.78 is 57.8. The molecule has 0 spiro atoms. The van der Waals surface area contributed by atoms with Crippen molar-refractivity contribution in [3.8, 4) is 17.2 Å². The van der Waals surface area contributed by atoms with E-state index in [0.717, 1.165) is 0 Å². The third-order valence-electron chi connectivity index (χ3n) is 3.46. The van der Waals surface area contributed by atoms with Crippen LogP contribution in [-0.4, -0.2) is 5.11 Å². The molecule has 3 rings (SSSR count). The Morgan fingerprint density at radius 3 is 2.40 bits per heavy atom. The van der Waals surface area contributed by atoms with Gasteiger partial charge in [-0.2, -0.15) is 13.2 Å². The molecule has 0 heterocycles. The highest BCUT2D eigenvalue weighted by Crippen LogP contribution is 2.45. The first kappa shape index (κ1) is 17.6. The van der Waals surface area contributed by atoms with Crippen LogP contribution in [0.1, 0.15) is 5.56 Å². The number of hydrogen-bond donors (Lipinski definition) is 1. The zero-order valence-electron chi connectivity index (χ0n) is 12.2. The summed E-state index contributed by atoms with van der Waals surface area (Å²) in [5, 5.41) is 9.38. The molecule has 0 aliphatic carbocycles. The molecule has 0 bridgehead atoms. The van der Waals surface area contributed by atoms with Crippen molar-refractivity contribution >= 4 is 34.0 Å². The second-order valence-corrected chi connectivity index (χ2v) is 5.91. The van der Waals surface area contributed by atoms with Crippen LogP contribution in [0.25, 0.3) is 10.8 Å². The first-order chi connectivity index (χ1) is 11.7. The number of fused-ring (bicyclic) bond motifs is 1. The Balaban J connectivity index is 2.14. The van der Waals surface area contributed by atoms with Crippen LogP contribution in [0, 0.1) is 5.82 Å². The van der Waals surface area contributed by atoms with E-state index in [9.17, 15) is 22.7 Å². The van der Waals surface area contributed by atoms with Crippen molar-refractivity contribution in [3.63, 3.8) is 0 Å². The summed E-state index contributed by atoms with van der Waals surface area (Å²) in [6.07, 6.45) is -4.94. The second-order valence-electron chi connectivity index (χ2n) is 5.12. The maximum atomic E-state index is 14.0. The summed E-state index contributed by atoms with van der Waals surface area (Å²) in [4.78, 5) is 0. The molecule has 25 heavy (non-hydrogen) atoms. The van der Waals surface area contributed by atoms with Crippen molar-refractivity contribution in [2.45, 2.75) is 6.18 Å². The van der Waals surface area contributed by atoms with Crippen molar-refractivity contribution in [2.24, 2.45) is 0 Å². The second kappa shape index (κ2) is 6.28. The average Bonchev–Trinajstić information content (AvgIpc) is 2.54. The maximum absolute atomic E-state index is 14.0. The quantitative estimate of drug-likeness (QED) is 0.385. The number of benzene rings is 3. The van der Waals surface area contributed by atoms with Gasteiger partial charge in [0.2, 0.25) is 0 Å². The van der Waals surface area contributed by atoms with E-state index in [1.165, 1.54) is 18.2 Å². The van der Waals surface area contributed by atoms with Crippen LogP contribution < -0.4 is 4.74 Å². The molecule has 8 heteroatoms. The predicted molar refractivity (Wildman–Crippen MR) is 87.1 cm³/mol. The maximum Gasteiger partial charge on any atom is 0.419 e. The third-order valence-corrected chi connectivity index (χ3v) is 4.08. The standard InChI is InChI=1S/C17H8Cl2F4O2/c18-12-7-11(17(21,22)23)15(20)14(19)16(12)25-13-3-1-2-8-4-5-9(24)6-10(8)13/h1-7,24H. The molecule has 0 fully saturated rings. The van der Waals surface area contributed by atoms with Crippen LogP contribution >= 0.6 is 23.2 Å². The van der Waals surface area contributed by atoms with Gasteiger partial charge in [0.05, 0.1) is 10.6 Å². The Labute approximate surface area is 149 Å². The number of halogens is 6. The minimum Gasteiger partial charge on any atom is -0.508 e. The van der Waals surface area contributed by atoms with Crippen molar-refractivity contribution in [3.05, 3.63) is 63.9 Å². The fourth-order valence-electron chi connectivity index (χ4n) is 2.31. The highest BCUT2D eigenvalue weighted by Gasteiger charge is 2.37. The third kappa shape index (κ3) is 3.32. The summed E-state index contributed by atoms with van der Waals surface area (Å²) in [5.74, 6) is -2.00. The van der Waals surface area contributed by atoms with Crippen molar-refractivity contribution in [2.75, 3.05) is 0 Å². The van der Waals surface area contributed by atoms with E-state index in [-0.39, 0.29) is 11.5 Å². The number of alkyl halides is 3. The predicted octanol–water partition coefficient (Wildman–Crippen LogP) is 6.80. The van der Waals surface area contributed by atoms with E-state index in [2.05, 4.69) is 0 Å². The van der Waals surface area contributed by atoms with E-state index < -0.39 is 33.4 Å². The molecule has 2 nitrogen and oxygen atoms in total. The van der Waals surface area contributed by atoms with E-state index in [1.54, 1.807) is 18.2 Å². The monoisotopic (exact) mass is 390 g/mol. The number of ether oxygens (including phenoxy) is 1. The van der Waals surface area contributed by atoms with Gasteiger partial charge in [-0.05, 0) is 29.7 Å². The first-order valence-electron chi connectivity index (χ1n) is 6.83. The summed E-state index contributed by atoms with van der Waals surface area (Å²) in [7, 11) is 0. The van der Waals surface area contributed by atoms with Crippen molar-refractivity contribution < 1.29 is 27.4 Å². The zero-order chi connectivity index (χ0) is 18.4. The van der Waals surface area contributed by atoms with Gasteiger partial charge in [-0.25, -0.2) is 4.39 Å². The zero-order valence-corrected chi connectivity index (χ0v) is 13.7. The molecule has 0 saturated heterocycles. The topological polar surface area (TPSA) is 29.5 Å². The molecular weight excluding hydrogens is 383 g/mol. The SMILES string of the molecule is Oc1ccc2cccc(Oc3c(Cl)cc(C(F)(F)F)c(F)c3Cl)c2c1. The first-order valence-corrected chi connectivity index (χ1v) is 7.58. The lowest BCUT2D eigenvalue weighted by atomic mass is 10.1. The van der Waals surface area contributed by atoms with Crippen LogP contribution in [0.2, 0.25) is 10.0 Å². The van der Waals surface area contributed by atoms with Crippen LogP contribution in [0.5, 0.6) is 17.2 Å². The van der Waals surface area contributed by atoms with E-state index >= 15 is 0 Å². The van der Waals surface area contributed by atoms with Crippen LogP contribution in [0.15, 0.2) is 42.5 Å². The lowest BCUT2D eigenvalue weighted by Crippen LogP contribution is -2.09. The summed E-state index contributed by atoms with van der Waals surface area (Å²) in [6, 6.07) is 9.74. The van der Waals surface area contributed by atoms with Crippen LogP contribution in [0.4, 0.5) is 17.6 Å². The molecule has 0 aromatic heterocycles. The molecule has 0 aliphatic rings. The summed E-state index contributed by atoms with van der Waals surface area (Å²) in [6.45, 7) is 0. The van der Waals surface area contributed by atoms with E-state index in [1.807, 2.05) is 0 Å².